The Morgan fingerprint density at radius 2 is 1.89 bits per heavy atom. The number of hydrogen-bond acceptors (Lipinski definition) is 7. The average Bonchev–Trinajstić information content (AvgIpc) is 3.19. The number of benzene rings is 1. The predicted molar refractivity (Wildman–Crippen MR) is 105 cm³/mol. The summed E-state index contributed by atoms with van der Waals surface area (Å²) >= 11 is 1.30. The molecule has 2 aliphatic rings. The van der Waals surface area contributed by atoms with E-state index in [-0.39, 0.29) is 21.8 Å². The number of sulfonamides is 1. The Hall–Kier alpha value is -1.71. The lowest BCUT2D eigenvalue weighted by atomic mass is 9.99. The Morgan fingerprint density at radius 1 is 1.07 bits per heavy atom. The van der Waals surface area contributed by atoms with Crippen molar-refractivity contribution in [2.24, 2.45) is 0 Å². The standard InChI is InChI=1S/C19H23N3O4S2/c23-16-9-2-3-10-17(16)27-19-21-20-18(26-19)14-7-6-8-15(13-14)28(24,25)22-11-4-1-5-12-22/h6-8,13,17H,1-5,9-12H2/t17-/m0/s1. The number of carbonyl (C=O) groups excluding carboxylic acids is 1. The first kappa shape index (κ1) is 19.6. The highest BCUT2D eigenvalue weighted by molar-refractivity contribution is 8.00. The van der Waals surface area contributed by atoms with Gasteiger partial charge in [-0.2, -0.15) is 4.31 Å². The van der Waals surface area contributed by atoms with Gasteiger partial charge in [0, 0.05) is 25.1 Å². The van der Waals surface area contributed by atoms with Gasteiger partial charge in [0.2, 0.25) is 15.9 Å². The number of rotatable bonds is 5. The highest BCUT2D eigenvalue weighted by Gasteiger charge is 2.27. The van der Waals surface area contributed by atoms with Gasteiger partial charge < -0.3 is 4.42 Å². The van der Waals surface area contributed by atoms with Crippen molar-refractivity contribution in [1.82, 2.24) is 14.5 Å². The molecule has 1 aliphatic carbocycles. The number of carbonyl (C=O) groups is 1. The maximum Gasteiger partial charge on any atom is 0.277 e. The van der Waals surface area contributed by atoms with Crippen LogP contribution >= 0.6 is 11.8 Å². The molecule has 0 N–H and O–H groups in total. The molecule has 1 atom stereocenters. The van der Waals surface area contributed by atoms with Crippen molar-refractivity contribution in [3.05, 3.63) is 24.3 Å². The van der Waals surface area contributed by atoms with Crippen LogP contribution in [0.2, 0.25) is 0 Å². The van der Waals surface area contributed by atoms with E-state index < -0.39 is 10.0 Å². The van der Waals surface area contributed by atoms with Crippen molar-refractivity contribution in [1.29, 1.82) is 0 Å². The SMILES string of the molecule is O=C1CCCC[C@@H]1Sc1nnc(-c2cccc(S(=O)(=O)N3CCCCC3)c2)o1. The summed E-state index contributed by atoms with van der Waals surface area (Å²) in [6.45, 7) is 1.12. The Labute approximate surface area is 168 Å². The molecule has 0 spiro atoms. The molecule has 0 radical (unpaired) electrons. The molecule has 1 saturated carbocycles. The summed E-state index contributed by atoms with van der Waals surface area (Å²) in [5, 5.41) is 8.31. The minimum atomic E-state index is -3.52. The second-order valence-corrected chi connectivity index (χ2v) is 10.3. The molecule has 2 aromatic rings. The number of piperidine rings is 1. The van der Waals surface area contributed by atoms with Crippen LogP contribution in [0.5, 0.6) is 0 Å². The minimum Gasteiger partial charge on any atom is -0.411 e. The van der Waals surface area contributed by atoms with Crippen LogP contribution in [0, 0.1) is 0 Å². The van der Waals surface area contributed by atoms with Crippen LogP contribution in [0.25, 0.3) is 11.5 Å². The van der Waals surface area contributed by atoms with Crippen LogP contribution in [-0.2, 0) is 14.8 Å². The normalized spacial score (nSPS) is 21.7. The Kier molecular flexibility index (Phi) is 5.84. The van der Waals surface area contributed by atoms with Gasteiger partial charge in [-0.15, -0.1) is 10.2 Å². The number of ketones is 1. The van der Waals surface area contributed by atoms with Crippen LogP contribution in [0.4, 0.5) is 0 Å². The van der Waals surface area contributed by atoms with E-state index in [9.17, 15) is 13.2 Å². The molecule has 1 aromatic heterocycles. The molecule has 4 rings (SSSR count). The van der Waals surface area contributed by atoms with Crippen molar-refractivity contribution >= 4 is 27.6 Å². The van der Waals surface area contributed by atoms with Gasteiger partial charge in [0.05, 0.1) is 10.1 Å². The summed E-state index contributed by atoms with van der Waals surface area (Å²) in [7, 11) is -3.52. The van der Waals surface area contributed by atoms with Gasteiger partial charge in [-0.25, -0.2) is 8.42 Å². The van der Waals surface area contributed by atoms with Gasteiger partial charge in [0.25, 0.3) is 5.22 Å². The number of Topliss-reactive ketones (excluding diaryl/α,β-unsaturated/α-hetero) is 1. The molecule has 7 nitrogen and oxygen atoms in total. The fourth-order valence-corrected chi connectivity index (χ4v) is 6.17. The molecule has 2 heterocycles. The molecule has 2 fully saturated rings. The topological polar surface area (TPSA) is 93.4 Å². The summed E-state index contributed by atoms with van der Waals surface area (Å²) < 4.78 is 33.0. The molecular formula is C19H23N3O4S2. The quantitative estimate of drug-likeness (QED) is 0.729. The minimum absolute atomic E-state index is 0.132. The zero-order valence-corrected chi connectivity index (χ0v) is 17.2. The van der Waals surface area contributed by atoms with Gasteiger partial charge in [0.1, 0.15) is 5.78 Å². The molecule has 1 aliphatic heterocycles. The first-order valence-electron chi connectivity index (χ1n) is 9.67. The van der Waals surface area contributed by atoms with Gasteiger partial charge in [0.15, 0.2) is 0 Å². The molecule has 9 heteroatoms. The summed E-state index contributed by atoms with van der Waals surface area (Å²) in [5.74, 6) is 0.493. The third-order valence-corrected chi connectivity index (χ3v) is 8.23. The third kappa shape index (κ3) is 4.16. The fourth-order valence-electron chi connectivity index (χ4n) is 3.62. The zero-order chi connectivity index (χ0) is 19.6. The number of thioether (sulfide) groups is 1. The molecule has 28 heavy (non-hydrogen) atoms. The average molecular weight is 422 g/mol. The van der Waals surface area contributed by atoms with Crippen molar-refractivity contribution in [2.75, 3.05) is 13.1 Å². The lowest BCUT2D eigenvalue weighted by Crippen LogP contribution is -2.35. The van der Waals surface area contributed by atoms with E-state index >= 15 is 0 Å². The van der Waals surface area contributed by atoms with Crippen LogP contribution in [0.15, 0.2) is 38.8 Å². The molecule has 1 aromatic carbocycles. The fraction of sp³-hybridized carbons (Fsp3) is 0.526. The predicted octanol–water partition coefficient (Wildman–Crippen LogP) is 3.52. The van der Waals surface area contributed by atoms with Crippen LogP contribution in [0.3, 0.4) is 0 Å². The lowest BCUT2D eigenvalue weighted by Gasteiger charge is -2.25. The summed E-state index contributed by atoms with van der Waals surface area (Å²) in [5.41, 5.74) is 0.562. The van der Waals surface area contributed by atoms with Crippen LogP contribution < -0.4 is 0 Å². The summed E-state index contributed by atoms with van der Waals surface area (Å²) in [4.78, 5) is 12.2. The number of hydrogen-bond donors (Lipinski definition) is 0. The second-order valence-electron chi connectivity index (χ2n) is 7.18. The summed E-state index contributed by atoms with van der Waals surface area (Å²) in [6, 6.07) is 6.62. The van der Waals surface area contributed by atoms with E-state index in [0.717, 1.165) is 38.5 Å². The summed E-state index contributed by atoms with van der Waals surface area (Å²) in [6.07, 6.45) is 6.26. The molecule has 1 saturated heterocycles. The first-order chi connectivity index (χ1) is 13.5. The maximum atomic E-state index is 12.9. The number of aromatic nitrogens is 2. The van der Waals surface area contributed by atoms with Gasteiger partial charge in [-0.3, -0.25) is 4.79 Å². The van der Waals surface area contributed by atoms with Crippen molar-refractivity contribution in [2.45, 2.75) is 60.3 Å². The largest absolute Gasteiger partial charge is 0.411 e. The second kappa shape index (κ2) is 8.34. The highest BCUT2D eigenvalue weighted by atomic mass is 32.2. The monoisotopic (exact) mass is 421 g/mol. The van der Waals surface area contributed by atoms with Crippen molar-refractivity contribution in [3.63, 3.8) is 0 Å². The molecule has 0 unspecified atom stereocenters. The highest BCUT2D eigenvalue weighted by Crippen LogP contribution is 2.33. The smallest absolute Gasteiger partial charge is 0.277 e. The zero-order valence-electron chi connectivity index (χ0n) is 15.5. The molecular weight excluding hydrogens is 398 g/mol. The van der Waals surface area contributed by atoms with E-state index in [2.05, 4.69) is 10.2 Å². The van der Waals surface area contributed by atoms with E-state index in [1.807, 2.05) is 0 Å². The Morgan fingerprint density at radius 3 is 2.68 bits per heavy atom. The van der Waals surface area contributed by atoms with Crippen LogP contribution in [-0.4, -0.2) is 47.0 Å². The van der Waals surface area contributed by atoms with E-state index in [4.69, 9.17) is 4.42 Å². The number of nitrogens with zero attached hydrogens (tertiary/aromatic N) is 3. The lowest BCUT2D eigenvalue weighted by molar-refractivity contribution is -0.119. The van der Waals surface area contributed by atoms with Crippen LogP contribution in [0.1, 0.15) is 44.9 Å². The van der Waals surface area contributed by atoms with E-state index in [1.54, 1.807) is 28.6 Å². The van der Waals surface area contributed by atoms with Crippen molar-refractivity contribution in [3.8, 4) is 11.5 Å². The van der Waals surface area contributed by atoms with Gasteiger partial charge in [-0.1, -0.05) is 30.7 Å². The Balaban J connectivity index is 1.53. The molecule has 150 valence electrons. The first-order valence-corrected chi connectivity index (χ1v) is 12.0. The molecule has 0 bridgehead atoms. The molecule has 0 amide bonds. The van der Waals surface area contributed by atoms with Crippen molar-refractivity contribution < 1.29 is 17.6 Å². The van der Waals surface area contributed by atoms with E-state index in [0.29, 0.717) is 30.3 Å². The van der Waals surface area contributed by atoms with E-state index in [1.165, 1.54) is 11.8 Å². The van der Waals surface area contributed by atoms with Gasteiger partial charge in [-0.05, 0) is 43.9 Å². The maximum absolute atomic E-state index is 12.9. The van der Waals surface area contributed by atoms with Gasteiger partial charge >= 0.3 is 0 Å². The Bertz CT molecular complexity index is 952. The third-order valence-electron chi connectivity index (χ3n) is 5.18.